The quantitative estimate of drug-likeness (QED) is 0.864. The van der Waals surface area contributed by atoms with Gasteiger partial charge in [0, 0.05) is 11.5 Å². The number of amides is 1. The molecule has 1 fully saturated rings. The van der Waals surface area contributed by atoms with Crippen LogP contribution in [0.5, 0.6) is 0 Å². The molecule has 3 heteroatoms. The van der Waals surface area contributed by atoms with Crippen molar-refractivity contribution in [1.82, 2.24) is 5.32 Å². The number of hydrogen-bond acceptors (Lipinski definition) is 1. The minimum Gasteiger partial charge on any atom is -0.352 e. The highest BCUT2D eigenvalue weighted by atomic mass is 31.1. The summed E-state index contributed by atoms with van der Waals surface area (Å²) in [5, 5.41) is 5.95. The van der Waals surface area contributed by atoms with Crippen molar-refractivity contribution in [2.24, 2.45) is 5.41 Å². The van der Waals surface area contributed by atoms with Crippen LogP contribution in [0.25, 0.3) is 0 Å². The number of rotatable bonds is 4. The zero-order valence-corrected chi connectivity index (χ0v) is 14.0. The molecule has 0 unspecified atom stereocenters. The molecule has 1 aliphatic rings. The summed E-state index contributed by atoms with van der Waals surface area (Å²) in [7, 11) is -0.437. The van der Waals surface area contributed by atoms with E-state index in [0.29, 0.717) is 0 Å². The Bertz CT molecular complexity index is 599. The predicted molar refractivity (Wildman–Crippen MR) is 94.3 cm³/mol. The van der Waals surface area contributed by atoms with Crippen molar-refractivity contribution in [1.29, 1.82) is 0 Å². The molecule has 1 amide bonds. The van der Waals surface area contributed by atoms with E-state index in [4.69, 9.17) is 0 Å². The van der Waals surface area contributed by atoms with Gasteiger partial charge in [-0.1, -0.05) is 74.5 Å². The van der Waals surface area contributed by atoms with Gasteiger partial charge in [-0.2, -0.15) is 0 Å². The topological polar surface area (TPSA) is 29.1 Å². The van der Waals surface area contributed by atoms with Crippen LogP contribution in [-0.4, -0.2) is 18.1 Å². The molecular weight excluding hydrogens is 289 g/mol. The van der Waals surface area contributed by atoms with Crippen molar-refractivity contribution in [3.63, 3.8) is 0 Å². The van der Waals surface area contributed by atoms with Crippen molar-refractivity contribution < 1.29 is 4.79 Å². The lowest BCUT2D eigenvalue weighted by atomic mass is 9.90. The maximum Gasteiger partial charge on any atom is 0.225 e. The third-order valence-corrected chi connectivity index (χ3v) is 6.89. The molecule has 0 radical (unpaired) electrons. The first kappa shape index (κ1) is 15.2. The second-order valence-electron chi connectivity index (χ2n) is 6.54. The van der Waals surface area contributed by atoms with Crippen LogP contribution in [0.1, 0.15) is 20.3 Å². The molecule has 1 aliphatic heterocycles. The molecule has 2 nitrogen and oxygen atoms in total. The maximum absolute atomic E-state index is 12.1. The van der Waals surface area contributed by atoms with Gasteiger partial charge in [-0.3, -0.25) is 4.79 Å². The summed E-state index contributed by atoms with van der Waals surface area (Å²) in [6.07, 6.45) is 1.93. The Morgan fingerprint density at radius 2 is 1.50 bits per heavy atom. The van der Waals surface area contributed by atoms with Crippen LogP contribution in [-0.2, 0) is 4.79 Å². The minimum atomic E-state index is -0.437. The number of carbonyl (C=O) groups is 1. The van der Waals surface area contributed by atoms with Gasteiger partial charge in [0.25, 0.3) is 0 Å². The van der Waals surface area contributed by atoms with Gasteiger partial charge in [-0.25, -0.2) is 0 Å². The predicted octanol–water partition coefficient (Wildman–Crippen LogP) is 3.03. The molecule has 2 aromatic rings. The number of hydrogen-bond donors (Lipinski definition) is 1. The zero-order valence-electron chi connectivity index (χ0n) is 13.1. The molecule has 1 N–H and O–H groups in total. The highest BCUT2D eigenvalue weighted by molar-refractivity contribution is 7.73. The van der Waals surface area contributed by atoms with E-state index in [0.717, 1.165) is 12.6 Å². The Morgan fingerprint density at radius 3 is 1.91 bits per heavy atom. The highest BCUT2D eigenvalue weighted by Gasteiger charge is 2.39. The standard InChI is InChI=1S/C19H22NOP/c1-19(2)13-15(20-18(19)21)14-22(16-9-5-3-6-10-16)17-11-7-4-8-12-17/h3-12,15H,13-14H2,1-2H3,(H,20,21)/t15-/m0/s1. The summed E-state index contributed by atoms with van der Waals surface area (Å²) in [5.41, 5.74) is -0.237. The molecule has 114 valence electrons. The van der Waals surface area contributed by atoms with Crippen LogP contribution >= 0.6 is 7.92 Å². The summed E-state index contributed by atoms with van der Waals surface area (Å²) in [5.74, 6) is 0.188. The van der Waals surface area contributed by atoms with Crippen LogP contribution in [0, 0.1) is 5.41 Å². The van der Waals surface area contributed by atoms with Crippen LogP contribution < -0.4 is 15.9 Å². The van der Waals surface area contributed by atoms with E-state index in [1.165, 1.54) is 10.6 Å². The van der Waals surface area contributed by atoms with E-state index in [-0.39, 0.29) is 17.4 Å². The SMILES string of the molecule is CC1(C)C[C@@H](CP(c2ccccc2)c2ccccc2)NC1=O. The van der Waals surface area contributed by atoms with Crippen LogP contribution in [0.4, 0.5) is 0 Å². The average molecular weight is 311 g/mol. The van der Waals surface area contributed by atoms with E-state index in [2.05, 4.69) is 66.0 Å². The fourth-order valence-electron chi connectivity index (χ4n) is 3.05. The smallest absolute Gasteiger partial charge is 0.225 e. The van der Waals surface area contributed by atoms with Crippen molar-refractivity contribution in [2.45, 2.75) is 26.3 Å². The molecule has 3 rings (SSSR count). The van der Waals surface area contributed by atoms with Gasteiger partial charge in [-0.15, -0.1) is 0 Å². The van der Waals surface area contributed by atoms with Crippen molar-refractivity contribution >= 4 is 24.4 Å². The van der Waals surface area contributed by atoms with E-state index in [9.17, 15) is 4.79 Å². The Balaban J connectivity index is 1.86. The fraction of sp³-hybridized carbons (Fsp3) is 0.316. The lowest BCUT2D eigenvalue weighted by molar-refractivity contribution is -0.126. The van der Waals surface area contributed by atoms with Crippen molar-refractivity contribution in [3.05, 3.63) is 60.7 Å². The summed E-state index contributed by atoms with van der Waals surface area (Å²) < 4.78 is 0. The lowest BCUT2D eigenvalue weighted by Gasteiger charge is -2.22. The van der Waals surface area contributed by atoms with E-state index in [1.807, 2.05) is 13.8 Å². The Labute approximate surface area is 133 Å². The minimum absolute atomic E-state index is 0.188. The molecule has 22 heavy (non-hydrogen) atoms. The van der Waals surface area contributed by atoms with Crippen molar-refractivity contribution in [2.75, 3.05) is 6.16 Å². The number of benzene rings is 2. The Kier molecular flexibility index (Phi) is 4.31. The zero-order chi connectivity index (χ0) is 15.6. The molecule has 0 bridgehead atoms. The Morgan fingerprint density at radius 1 is 1.00 bits per heavy atom. The maximum atomic E-state index is 12.1. The van der Waals surface area contributed by atoms with E-state index >= 15 is 0 Å². The number of carbonyl (C=O) groups excluding carboxylic acids is 1. The van der Waals surface area contributed by atoms with Crippen LogP contribution in [0.15, 0.2) is 60.7 Å². The van der Waals surface area contributed by atoms with Crippen LogP contribution in [0.3, 0.4) is 0 Å². The first-order valence-electron chi connectivity index (χ1n) is 7.75. The lowest BCUT2D eigenvalue weighted by Crippen LogP contribution is -2.32. The van der Waals surface area contributed by atoms with Gasteiger partial charge in [0.15, 0.2) is 0 Å². The van der Waals surface area contributed by atoms with Gasteiger partial charge in [0.2, 0.25) is 5.91 Å². The summed E-state index contributed by atoms with van der Waals surface area (Å²) >= 11 is 0. The monoisotopic (exact) mass is 311 g/mol. The highest BCUT2D eigenvalue weighted by Crippen LogP contribution is 2.39. The molecule has 0 saturated carbocycles. The van der Waals surface area contributed by atoms with Gasteiger partial charge in [0.05, 0.1) is 0 Å². The normalized spacial score (nSPS) is 20.1. The summed E-state index contributed by atoms with van der Waals surface area (Å²) in [6.45, 7) is 4.07. The summed E-state index contributed by atoms with van der Waals surface area (Å²) in [4.78, 5) is 12.1. The van der Waals surface area contributed by atoms with Gasteiger partial charge in [-0.05, 0) is 31.1 Å². The van der Waals surface area contributed by atoms with Gasteiger partial charge < -0.3 is 5.32 Å². The van der Waals surface area contributed by atoms with Crippen molar-refractivity contribution in [3.8, 4) is 0 Å². The molecule has 1 saturated heterocycles. The molecule has 0 aliphatic carbocycles. The first-order valence-corrected chi connectivity index (χ1v) is 9.27. The molecule has 2 aromatic carbocycles. The van der Waals surface area contributed by atoms with E-state index in [1.54, 1.807) is 0 Å². The molecule has 1 atom stereocenters. The first-order chi connectivity index (χ1) is 10.6. The molecule has 0 aromatic heterocycles. The summed E-state index contributed by atoms with van der Waals surface area (Å²) in [6, 6.07) is 21.6. The van der Waals surface area contributed by atoms with Gasteiger partial charge in [0.1, 0.15) is 0 Å². The molecular formula is C19H22NOP. The largest absolute Gasteiger partial charge is 0.352 e. The third-order valence-electron chi connectivity index (χ3n) is 4.25. The third kappa shape index (κ3) is 3.23. The second kappa shape index (κ2) is 6.22. The average Bonchev–Trinajstić information content (AvgIpc) is 2.79. The van der Waals surface area contributed by atoms with E-state index < -0.39 is 7.92 Å². The molecule has 1 heterocycles. The molecule has 0 spiro atoms. The second-order valence-corrected chi connectivity index (χ2v) is 8.79. The van der Waals surface area contributed by atoms with Crippen LogP contribution in [0.2, 0.25) is 0 Å². The fourth-order valence-corrected chi connectivity index (χ4v) is 5.49. The Hall–Kier alpha value is -1.66. The van der Waals surface area contributed by atoms with Gasteiger partial charge >= 0.3 is 0 Å². The number of nitrogens with one attached hydrogen (secondary N) is 1.